The number of likely N-dealkylation sites (tertiary alicyclic amines) is 1. The van der Waals surface area contributed by atoms with Gasteiger partial charge in [0.15, 0.2) is 6.10 Å². The first-order chi connectivity index (χ1) is 11.7. The topological polar surface area (TPSA) is 60.8 Å². The summed E-state index contributed by atoms with van der Waals surface area (Å²) < 4.78 is 0. The Labute approximate surface area is 144 Å². The molecule has 24 heavy (non-hydrogen) atoms. The molecule has 4 nitrogen and oxygen atoms in total. The van der Waals surface area contributed by atoms with Gasteiger partial charge in [0, 0.05) is 13.1 Å². The van der Waals surface area contributed by atoms with Crippen molar-refractivity contribution in [3.63, 3.8) is 0 Å². The number of nitrogens with zero attached hydrogens (tertiary/aromatic N) is 1. The molecule has 1 heterocycles. The van der Waals surface area contributed by atoms with Crippen LogP contribution in [0.2, 0.25) is 0 Å². The molecule has 0 bridgehead atoms. The van der Waals surface area contributed by atoms with Crippen LogP contribution in [-0.2, 0) is 4.79 Å². The molecule has 0 aromatic rings. The van der Waals surface area contributed by atoms with Gasteiger partial charge in [-0.25, -0.2) is 0 Å². The van der Waals surface area contributed by atoms with Crippen molar-refractivity contribution in [3.8, 4) is 0 Å². The second-order valence-electron chi connectivity index (χ2n) is 7.19. The van der Waals surface area contributed by atoms with E-state index >= 15 is 0 Å². The highest BCUT2D eigenvalue weighted by Crippen LogP contribution is 2.35. The molecule has 3 aliphatic rings. The van der Waals surface area contributed by atoms with Crippen LogP contribution in [0.5, 0.6) is 0 Å². The van der Waals surface area contributed by atoms with Gasteiger partial charge in [-0.15, -0.1) is 0 Å². The quantitative estimate of drug-likeness (QED) is 0.833. The smallest absolute Gasteiger partial charge is 0.253 e. The fourth-order valence-electron chi connectivity index (χ4n) is 4.12. The number of carbonyl (C=O) groups excluding carboxylic acids is 1. The van der Waals surface area contributed by atoms with E-state index in [2.05, 4.69) is 18.2 Å². The van der Waals surface area contributed by atoms with Crippen LogP contribution in [-0.4, -0.2) is 46.8 Å². The summed E-state index contributed by atoms with van der Waals surface area (Å²) in [5.41, 5.74) is 4.53. The van der Waals surface area contributed by atoms with Crippen molar-refractivity contribution in [2.75, 3.05) is 19.7 Å². The zero-order valence-corrected chi connectivity index (χ0v) is 14.4. The number of hydrogen-bond donors (Lipinski definition) is 2. The van der Waals surface area contributed by atoms with Crippen molar-refractivity contribution in [2.24, 2.45) is 5.92 Å². The Hall–Kier alpha value is -1.39. The maximum Gasteiger partial charge on any atom is 0.253 e. The zero-order valence-electron chi connectivity index (χ0n) is 14.4. The van der Waals surface area contributed by atoms with Crippen LogP contribution in [0, 0.1) is 5.92 Å². The molecular weight excluding hydrogens is 302 g/mol. The Balaban J connectivity index is 1.60. The first-order valence-electron chi connectivity index (χ1n) is 9.37. The number of hydrogen-bond acceptors (Lipinski definition) is 3. The van der Waals surface area contributed by atoms with Crippen LogP contribution in [0.3, 0.4) is 0 Å². The summed E-state index contributed by atoms with van der Waals surface area (Å²) in [4.78, 5) is 13.6. The van der Waals surface area contributed by atoms with Crippen molar-refractivity contribution in [3.05, 3.63) is 34.9 Å². The molecule has 0 radical (unpaired) electrons. The zero-order chi connectivity index (χ0) is 16.9. The van der Waals surface area contributed by atoms with Gasteiger partial charge < -0.3 is 15.1 Å². The van der Waals surface area contributed by atoms with Gasteiger partial charge in [0.1, 0.15) is 0 Å². The van der Waals surface area contributed by atoms with E-state index in [0.717, 1.165) is 25.7 Å². The fraction of sp³-hybridized carbons (Fsp3) is 0.650. The van der Waals surface area contributed by atoms with Crippen LogP contribution < -0.4 is 0 Å². The van der Waals surface area contributed by atoms with E-state index in [1.54, 1.807) is 10.5 Å². The van der Waals surface area contributed by atoms with Crippen LogP contribution in [0.25, 0.3) is 0 Å². The van der Waals surface area contributed by atoms with Crippen molar-refractivity contribution in [2.45, 2.75) is 57.5 Å². The highest BCUT2D eigenvalue weighted by atomic mass is 16.3. The van der Waals surface area contributed by atoms with Crippen molar-refractivity contribution in [1.29, 1.82) is 0 Å². The number of piperidine rings is 1. The molecule has 1 fully saturated rings. The van der Waals surface area contributed by atoms with Gasteiger partial charge in [-0.3, -0.25) is 4.79 Å². The van der Waals surface area contributed by atoms with E-state index < -0.39 is 12.7 Å². The van der Waals surface area contributed by atoms with Crippen LogP contribution in [0.1, 0.15) is 51.4 Å². The average molecular weight is 331 g/mol. The molecule has 0 aromatic carbocycles. The standard InChI is InChI=1S/C20H29NO3/c22-14-19(23)20(24)21-11-9-16(10-12-21)18-8-4-7-17(13-18)15-5-2-1-3-6-15/h5,8,13,16,19,22-23H,1-4,6-7,9-12,14H2. The highest BCUT2D eigenvalue weighted by molar-refractivity contribution is 5.80. The van der Waals surface area contributed by atoms with E-state index in [1.165, 1.54) is 36.8 Å². The summed E-state index contributed by atoms with van der Waals surface area (Å²) in [5, 5.41) is 18.4. The highest BCUT2D eigenvalue weighted by Gasteiger charge is 2.28. The number of allylic oxidation sites excluding steroid dienone is 6. The Morgan fingerprint density at radius 1 is 1.12 bits per heavy atom. The summed E-state index contributed by atoms with van der Waals surface area (Å²) in [5.74, 6) is 0.178. The van der Waals surface area contributed by atoms with E-state index in [1.807, 2.05) is 0 Å². The molecule has 3 rings (SSSR count). The largest absolute Gasteiger partial charge is 0.393 e. The first-order valence-corrected chi connectivity index (χ1v) is 9.37. The lowest BCUT2D eigenvalue weighted by Crippen LogP contribution is -2.45. The minimum absolute atomic E-state index is 0.336. The van der Waals surface area contributed by atoms with E-state index in [4.69, 9.17) is 5.11 Å². The lowest BCUT2D eigenvalue weighted by molar-refractivity contribution is -0.143. The summed E-state index contributed by atoms with van der Waals surface area (Å²) in [6.45, 7) is 0.846. The maximum atomic E-state index is 12.0. The number of aliphatic hydroxyl groups is 2. The SMILES string of the molecule is O=C(C(O)CO)N1CCC(C2=CCCC(C3=CCCCC3)=C2)CC1. The van der Waals surface area contributed by atoms with Gasteiger partial charge in [0.25, 0.3) is 5.91 Å². The molecule has 2 N–H and O–H groups in total. The molecule has 0 saturated carbocycles. The molecule has 4 heteroatoms. The monoisotopic (exact) mass is 331 g/mol. The summed E-state index contributed by atoms with van der Waals surface area (Å²) >= 11 is 0. The molecule has 1 saturated heterocycles. The predicted octanol–water partition coefficient (Wildman–Crippen LogP) is 2.73. The van der Waals surface area contributed by atoms with Gasteiger partial charge in [0.2, 0.25) is 0 Å². The molecule has 132 valence electrons. The number of rotatable bonds is 4. The molecular formula is C20H29NO3. The van der Waals surface area contributed by atoms with Crippen LogP contribution in [0.15, 0.2) is 34.9 Å². The Morgan fingerprint density at radius 2 is 1.92 bits per heavy atom. The van der Waals surface area contributed by atoms with Gasteiger partial charge in [-0.05, 0) is 74.0 Å². The Morgan fingerprint density at radius 3 is 2.58 bits per heavy atom. The van der Waals surface area contributed by atoms with Crippen molar-refractivity contribution in [1.82, 2.24) is 4.90 Å². The molecule has 1 amide bonds. The van der Waals surface area contributed by atoms with E-state index in [0.29, 0.717) is 19.0 Å². The summed E-state index contributed by atoms with van der Waals surface area (Å²) in [6, 6.07) is 0. The molecule has 1 unspecified atom stereocenters. The second-order valence-corrected chi connectivity index (χ2v) is 7.19. The fourth-order valence-corrected chi connectivity index (χ4v) is 4.12. The normalized spacial score (nSPS) is 24.1. The summed E-state index contributed by atoms with van der Waals surface area (Å²) in [6.07, 6.45) is 15.2. The Kier molecular flexibility index (Phi) is 5.90. The third-order valence-corrected chi connectivity index (χ3v) is 5.57. The molecule has 1 atom stereocenters. The molecule has 2 aliphatic carbocycles. The van der Waals surface area contributed by atoms with E-state index in [-0.39, 0.29) is 5.91 Å². The van der Waals surface area contributed by atoms with Crippen molar-refractivity contribution >= 4 is 5.91 Å². The van der Waals surface area contributed by atoms with Gasteiger partial charge in [-0.1, -0.05) is 18.2 Å². The predicted molar refractivity (Wildman–Crippen MR) is 94.3 cm³/mol. The lowest BCUT2D eigenvalue weighted by Gasteiger charge is -2.34. The average Bonchev–Trinajstić information content (AvgIpc) is 2.67. The second kappa shape index (κ2) is 8.13. The van der Waals surface area contributed by atoms with Crippen LogP contribution >= 0.6 is 0 Å². The first kappa shape index (κ1) is 17.4. The summed E-state index contributed by atoms with van der Waals surface area (Å²) in [7, 11) is 0. The van der Waals surface area contributed by atoms with Gasteiger partial charge >= 0.3 is 0 Å². The number of carbonyl (C=O) groups is 1. The third-order valence-electron chi connectivity index (χ3n) is 5.57. The minimum Gasteiger partial charge on any atom is -0.393 e. The van der Waals surface area contributed by atoms with Gasteiger partial charge in [0.05, 0.1) is 6.61 Å². The minimum atomic E-state index is -1.26. The van der Waals surface area contributed by atoms with Crippen LogP contribution in [0.4, 0.5) is 0 Å². The lowest BCUT2D eigenvalue weighted by atomic mass is 9.81. The van der Waals surface area contributed by atoms with Crippen molar-refractivity contribution < 1.29 is 15.0 Å². The van der Waals surface area contributed by atoms with Gasteiger partial charge in [-0.2, -0.15) is 0 Å². The molecule has 0 aromatic heterocycles. The molecule has 1 aliphatic heterocycles. The number of amides is 1. The molecule has 0 spiro atoms. The Bertz CT molecular complexity index is 553. The van der Waals surface area contributed by atoms with E-state index in [9.17, 15) is 9.90 Å². The maximum absolute atomic E-state index is 12.0. The third kappa shape index (κ3) is 3.98. The number of aliphatic hydroxyl groups excluding tert-OH is 2.